The molecule has 0 spiro atoms. The van der Waals surface area contributed by atoms with Crippen molar-refractivity contribution >= 4 is 23.2 Å². The van der Waals surface area contributed by atoms with E-state index in [4.69, 9.17) is 18.0 Å². The maximum absolute atomic E-state index is 11.9. The third-order valence-electron chi connectivity index (χ3n) is 4.84. The first-order valence-electron chi connectivity index (χ1n) is 6.89. The van der Waals surface area contributed by atoms with Gasteiger partial charge in [-0.2, -0.15) is 0 Å². The molecule has 100 valence electrons. The molecule has 4 saturated carbocycles. The Morgan fingerprint density at radius 3 is 2.11 bits per heavy atom. The Morgan fingerprint density at radius 2 is 1.67 bits per heavy atom. The van der Waals surface area contributed by atoms with Gasteiger partial charge in [-0.1, -0.05) is 12.2 Å². The van der Waals surface area contributed by atoms with Gasteiger partial charge in [-0.05, 0) is 56.3 Å². The number of carbonyl (C=O) groups is 1. The zero-order chi connectivity index (χ0) is 12.8. The zero-order valence-corrected chi connectivity index (χ0v) is 11.4. The van der Waals surface area contributed by atoms with Gasteiger partial charge in [0, 0.05) is 5.54 Å². The normalized spacial score (nSPS) is 40.6. The molecule has 0 aliphatic heterocycles. The lowest BCUT2D eigenvalue weighted by atomic mass is 9.53. The molecule has 4 aliphatic carbocycles. The quantitative estimate of drug-likeness (QED) is 0.680. The fraction of sp³-hybridized carbons (Fsp3) is 0.846. The number of nitrogens with two attached hydrogens (primary N) is 1. The summed E-state index contributed by atoms with van der Waals surface area (Å²) >= 11 is 4.77. The number of hydrogen-bond acceptors (Lipinski definition) is 2. The molecule has 4 bridgehead atoms. The second-order valence-electron chi connectivity index (χ2n) is 6.47. The number of hydrogen-bond donors (Lipinski definition) is 3. The van der Waals surface area contributed by atoms with Gasteiger partial charge in [-0.3, -0.25) is 0 Å². The Bertz CT molecular complexity index is 347. The van der Waals surface area contributed by atoms with Gasteiger partial charge in [0.1, 0.15) is 0 Å². The van der Waals surface area contributed by atoms with Gasteiger partial charge in [0.15, 0.2) is 0 Å². The van der Waals surface area contributed by atoms with Crippen molar-refractivity contribution in [2.75, 3.05) is 6.54 Å². The first-order chi connectivity index (χ1) is 8.55. The van der Waals surface area contributed by atoms with Crippen molar-refractivity contribution in [2.24, 2.45) is 23.5 Å². The highest BCUT2D eigenvalue weighted by atomic mass is 32.1. The average Bonchev–Trinajstić information content (AvgIpc) is 2.23. The van der Waals surface area contributed by atoms with Gasteiger partial charge in [-0.15, -0.1) is 0 Å². The fourth-order valence-corrected chi connectivity index (χ4v) is 4.79. The predicted molar refractivity (Wildman–Crippen MR) is 74.2 cm³/mol. The summed E-state index contributed by atoms with van der Waals surface area (Å²) in [6.45, 7) is 0.285. The highest BCUT2D eigenvalue weighted by Crippen LogP contribution is 2.55. The van der Waals surface area contributed by atoms with E-state index in [1.807, 2.05) is 0 Å². The summed E-state index contributed by atoms with van der Waals surface area (Å²) in [5.74, 6) is 2.52. The van der Waals surface area contributed by atoms with Crippen molar-refractivity contribution in [3.05, 3.63) is 0 Å². The van der Waals surface area contributed by atoms with Gasteiger partial charge in [0.25, 0.3) is 0 Å². The summed E-state index contributed by atoms with van der Waals surface area (Å²) in [6, 6.07) is -0.107. The van der Waals surface area contributed by atoms with Crippen LogP contribution in [0.2, 0.25) is 0 Å². The van der Waals surface area contributed by atoms with Crippen molar-refractivity contribution in [1.82, 2.24) is 10.6 Å². The van der Waals surface area contributed by atoms with Crippen molar-refractivity contribution in [3.63, 3.8) is 0 Å². The van der Waals surface area contributed by atoms with Crippen LogP contribution in [0.5, 0.6) is 0 Å². The molecule has 4 aliphatic rings. The Kier molecular flexibility index (Phi) is 2.96. The van der Waals surface area contributed by atoms with Crippen molar-refractivity contribution in [2.45, 2.75) is 44.1 Å². The lowest BCUT2D eigenvalue weighted by Crippen LogP contribution is -2.61. The highest BCUT2D eigenvalue weighted by molar-refractivity contribution is 7.80. The van der Waals surface area contributed by atoms with Gasteiger partial charge < -0.3 is 16.4 Å². The van der Waals surface area contributed by atoms with Crippen LogP contribution in [-0.2, 0) is 0 Å². The zero-order valence-electron chi connectivity index (χ0n) is 10.6. The molecular formula is C13H21N3OS. The number of nitrogens with one attached hydrogen (secondary N) is 2. The standard InChI is InChI=1S/C13H21N3OS/c14-11(18)7-15-12(17)16-13-4-8-1-9(5-13)3-10(2-8)6-13/h8-10H,1-7H2,(H2,14,18)(H2,15,16,17). The number of urea groups is 1. The maximum atomic E-state index is 11.9. The van der Waals surface area contributed by atoms with E-state index in [0.717, 1.165) is 17.8 Å². The second kappa shape index (κ2) is 4.37. The van der Waals surface area contributed by atoms with Crippen molar-refractivity contribution in [3.8, 4) is 0 Å². The molecule has 0 radical (unpaired) electrons. The summed E-state index contributed by atoms with van der Waals surface area (Å²) in [7, 11) is 0. The monoisotopic (exact) mass is 267 g/mol. The van der Waals surface area contributed by atoms with E-state index >= 15 is 0 Å². The van der Waals surface area contributed by atoms with Crippen LogP contribution >= 0.6 is 12.2 Å². The molecule has 0 atom stereocenters. The summed E-state index contributed by atoms with van der Waals surface area (Å²) in [5.41, 5.74) is 5.46. The molecule has 0 aromatic rings. The summed E-state index contributed by atoms with van der Waals surface area (Å²) < 4.78 is 0. The molecule has 0 saturated heterocycles. The van der Waals surface area contributed by atoms with Crippen LogP contribution in [0, 0.1) is 17.8 Å². The molecule has 2 amide bonds. The van der Waals surface area contributed by atoms with Gasteiger partial charge >= 0.3 is 6.03 Å². The average molecular weight is 267 g/mol. The van der Waals surface area contributed by atoms with Crippen molar-refractivity contribution in [1.29, 1.82) is 0 Å². The van der Waals surface area contributed by atoms with Crippen LogP contribution in [0.1, 0.15) is 38.5 Å². The summed E-state index contributed by atoms with van der Waals surface area (Å²) in [5, 5.41) is 5.96. The van der Waals surface area contributed by atoms with E-state index in [2.05, 4.69) is 10.6 Å². The lowest BCUT2D eigenvalue weighted by Gasteiger charge is -2.56. The lowest BCUT2D eigenvalue weighted by molar-refractivity contribution is -0.0134. The largest absolute Gasteiger partial charge is 0.392 e. The number of thiocarbonyl (C=S) groups is 1. The fourth-order valence-electron chi connectivity index (χ4n) is 4.72. The van der Waals surface area contributed by atoms with Gasteiger partial charge in [-0.25, -0.2) is 4.79 Å². The van der Waals surface area contributed by atoms with E-state index in [-0.39, 0.29) is 18.1 Å². The van der Waals surface area contributed by atoms with Crippen LogP contribution < -0.4 is 16.4 Å². The molecule has 0 heterocycles. The Morgan fingerprint density at radius 1 is 1.17 bits per heavy atom. The third-order valence-corrected chi connectivity index (χ3v) is 4.98. The number of amides is 2. The van der Waals surface area contributed by atoms with E-state index < -0.39 is 0 Å². The minimum atomic E-state index is -0.107. The Hall–Kier alpha value is -0.840. The van der Waals surface area contributed by atoms with E-state index in [1.165, 1.54) is 38.5 Å². The first kappa shape index (κ1) is 12.2. The minimum Gasteiger partial charge on any atom is -0.392 e. The molecule has 4 nitrogen and oxygen atoms in total. The smallest absolute Gasteiger partial charge is 0.315 e. The topological polar surface area (TPSA) is 67.1 Å². The third kappa shape index (κ3) is 2.32. The molecule has 0 aromatic heterocycles. The Labute approximate surface area is 113 Å². The van der Waals surface area contributed by atoms with Crippen LogP contribution in [0.15, 0.2) is 0 Å². The molecule has 4 rings (SSSR count). The van der Waals surface area contributed by atoms with Crippen LogP contribution in [0.25, 0.3) is 0 Å². The molecule has 0 unspecified atom stereocenters. The first-order valence-corrected chi connectivity index (χ1v) is 7.30. The predicted octanol–water partition coefficient (Wildman–Crippen LogP) is 1.54. The van der Waals surface area contributed by atoms with Crippen LogP contribution in [0.4, 0.5) is 4.79 Å². The number of carbonyl (C=O) groups excluding carboxylic acids is 1. The molecule has 0 aromatic carbocycles. The second-order valence-corrected chi connectivity index (χ2v) is 7.00. The van der Waals surface area contributed by atoms with Crippen molar-refractivity contribution < 1.29 is 4.79 Å². The Balaban J connectivity index is 1.61. The molecule has 4 fully saturated rings. The van der Waals surface area contributed by atoms with Crippen LogP contribution in [0.3, 0.4) is 0 Å². The van der Waals surface area contributed by atoms with Gasteiger partial charge in [0.2, 0.25) is 0 Å². The minimum absolute atomic E-state index is 0.0645. The highest BCUT2D eigenvalue weighted by Gasteiger charge is 2.51. The molecule has 5 heteroatoms. The summed E-state index contributed by atoms with van der Waals surface area (Å²) in [4.78, 5) is 12.2. The summed E-state index contributed by atoms with van der Waals surface area (Å²) in [6.07, 6.45) is 7.65. The van der Waals surface area contributed by atoms with E-state index in [1.54, 1.807) is 0 Å². The van der Waals surface area contributed by atoms with E-state index in [9.17, 15) is 4.79 Å². The maximum Gasteiger partial charge on any atom is 0.315 e. The van der Waals surface area contributed by atoms with E-state index in [0.29, 0.717) is 4.99 Å². The number of rotatable bonds is 3. The van der Waals surface area contributed by atoms with Crippen LogP contribution in [-0.4, -0.2) is 23.1 Å². The molecule has 4 N–H and O–H groups in total. The van der Waals surface area contributed by atoms with Gasteiger partial charge in [0.05, 0.1) is 11.5 Å². The SMILES string of the molecule is NC(=S)CNC(=O)NC12CC3CC(CC(C3)C1)C2. The molecule has 18 heavy (non-hydrogen) atoms. The molecular weight excluding hydrogens is 246 g/mol.